The molecular weight excluding hydrogens is 372 g/mol. The minimum absolute atomic E-state index is 0.253. The topological polar surface area (TPSA) is 60.7 Å². The summed E-state index contributed by atoms with van der Waals surface area (Å²) in [5.41, 5.74) is -0.962. The summed E-state index contributed by atoms with van der Waals surface area (Å²) >= 11 is 0. The zero-order valence-corrected chi connectivity index (χ0v) is 20.2. The van der Waals surface area contributed by atoms with Crippen LogP contribution < -0.4 is 0 Å². The number of hydrogen-bond donors (Lipinski definition) is 3. The van der Waals surface area contributed by atoms with Crippen LogP contribution in [-0.2, 0) is 0 Å². The summed E-state index contributed by atoms with van der Waals surface area (Å²) in [6.07, 6.45) is 10.7. The minimum Gasteiger partial charge on any atom is -0.393 e. The van der Waals surface area contributed by atoms with Gasteiger partial charge in [0.1, 0.15) is 0 Å². The molecule has 0 aliphatic heterocycles. The Bertz CT molecular complexity index is 619. The first kappa shape index (κ1) is 23.1. The number of aliphatic hydroxyl groups is 3. The van der Waals surface area contributed by atoms with Crippen molar-refractivity contribution in [3.05, 3.63) is 0 Å². The van der Waals surface area contributed by atoms with Crippen LogP contribution in [0, 0.1) is 46.3 Å². The fraction of sp³-hybridized carbons (Fsp3) is 1.00. The van der Waals surface area contributed by atoms with Crippen LogP contribution in [0.3, 0.4) is 0 Å². The molecule has 0 saturated heterocycles. The van der Waals surface area contributed by atoms with Gasteiger partial charge in [0, 0.05) is 11.8 Å². The second kappa shape index (κ2) is 8.03. The minimum atomic E-state index is -1.11. The predicted octanol–water partition coefficient (Wildman–Crippen LogP) is 5.55. The Balaban J connectivity index is 1.53. The van der Waals surface area contributed by atoms with E-state index in [4.69, 9.17) is 0 Å². The van der Waals surface area contributed by atoms with Gasteiger partial charge < -0.3 is 15.3 Å². The molecule has 0 bridgehead atoms. The van der Waals surface area contributed by atoms with Crippen LogP contribution >= 0.6 is 0 Å². The van der Waals surface area contributed by atoms with Crippen LogP contribution in [0.4, 0.5) is 0 Å². The average Bonchev–Trinajstić information content (AvgIpc) is 3.01. The monoisotopic (exact) mass is 420 g/mol. The van der Waals surface area contributed by atoms with Crippen molar-refractivity contribution in [2.75, 3.05) is 0 Å². The van der Waals surface area contributed by atoms with E-state index >= 15 is 0 Å². The largest absolute Gasteiger partial charge is 0.393 e. The molecule has 4 aliphatic rings. The highest BCUT2D eigenvalue weighted by Crippen LogP contribution is 2.69. The third-order valence-electron chi connectivity index (χ3n) is 11.0. The molecule has 0 aromatic rings. The van der Waals surface area contributed by atoms with E-state index in [1.165, 1.54) is 44.9 Å². The molecule has 0 amide bonds. The van der Waals surface area contributed by atoms with E-state index in [1.807, 2.05) is 0 Å². The van der Waals surface area contributed by atoms with Gasteiger partial charge in [-0.25, -0.2) is 0 Å². The Morgan fingerprint density at radius 1 is 0.900 bits per heavy atom. The van der Waals surface area contributed by atoms with Crippen LogP contribution in [0.15, 0.2) is 0 Å². The second-order valence-corrected chi connectivity index (χ2v) is 12.9. The Hall–Kier alpha value is -0.120. The lowest BCUT2D eigenvalue weighted by Gasteiger charge is -2.65. The molecule has 0 heterocycles. The van der Waals surface area contributed by atoms with Crippen molar-refractivity contribution >= 4 is 0 Å². The maximum absolute atomic E-state index is 11.6. The van der Waals surface area contributed by atoms with Gasteiger partial charge in [-0.05, 0) is 85.9 Å². The molecule has 4 fully saturated rings. The second-order valence-electron chi connectivity index (χ2n) is 12.9. The first-order valence-electron chi connectivity index (χ1n) is 13.1. The van der Waals surface area contributed by atoms with E-state index in [0.717, 1.165) is 37.0 Å². The van der Waals surface area contributed by atoms with Crippen molar-refractivity contribution in [3.63, 3.8) is 0 Å². The van der Waals surface area contributed by atoms with Crippen LogP contribution in [0.2, 0.25) is 0 Å². The van der Waals surface area contributed by atoms with E-state index in [1.54, 1.807) is 0 Å². The summed E-state index contributed by atoms with van der Waals surface area (Å²) in [6.45, 7) is 12.0. The van der Waals surface area contributed by atoms with Crippen molar-refractivity contribution in [2.45, 2.75) is 123 Å². The van der Waals surface area contributed by atoms with Gasteiger partial charge in [-0.1, -0.05) is 53.9 Å². The third-order valence-corrected chi connectivity index (χ3v) is 11.0. The number of rotatable bonds is 5. The van der Waals surface area contributed by atoms with Gasteiger partial charge in [-0.2, -0.15) is 0 Å². The van der Waals surface area contributed by atoms with Crippen molar-refractivity contribution in [2.24, 2.45) is 46.3 Å². The highest BCUT2D eigenvalue weighted by atomic mass is 16.3. The van der Waals surface area contributed by atoms with Gasteiger partial charge in [-0.15, -0.1) is 0 Å². The van der Waals surface area contributed by atoms with E-state index in [-0.39, 0.29) is 5.41 Å². The smallest absolute Gasteiger partial charge is 0.0985 e. The normalized spacial score (nSPS) is 51.9. The van der Waals surface area contributed by atoms with Crippen molar-refractivity contribution in [3.8, 4) is 0 Å². The van der Waals surface area contributed by atoms with Crippen LogP contribution in [0.5, 0.6) is 0 Å². The molecule has 3 nitrogen and oxygen atoms in total. The first-order chi connectivity index (χ1) is 14.0. The molecule has 174 valence electrons. The average molecular weight is 421 g/mol. The van der Waals surface area contributed by atoms with E-state index in [0.29, 0.717) is 29.6 Å². The lowest BCUT2D eigenvalue weighted by atomic mass is 9.42. The Morgan fingerprint density at radius 2 is 1.63 bits per heavy atom. The van der Waals surface area contributed by atoms with E-state index in [2.05, 4.69) is 34.6 Å². The molecule has 3 heteroatoms. The summed E-state index contributed by atoms with van der Waals surface area (Å²) in [4.78, 5) is 0. The first-order valence-corrected chi connectivity index (χ1v) is 13.1. The van der Waals surface area contributed by atoms with Crippen LogP contribution in [0.25, 0.3) is 0 Å². The number of aliphatic hydroxyl groups excluding tert-OH is 2. The van der Waals surface area contributed by atoms with Crippen molar-refractivity contribution < 1.29 is 15.3 Å². The number of hydrogen-bond acceptors (Lipinski definition) is 3. The van der Waals surface area contributed by atoms with Gasteiger partial charge in [0.2, 0.25) is 0 Å². The molecule has 3 N–H and O–H groups in total. The third kappa shape index (κ3) is 3.41. The lowest BCUT2D eigenvalue weighted by molar-refractivity contribution is -0.264. The van der Waals surface area contributed by atoms with E-state index in [9.17, 15) is 15.3 Å². The number of fused-ring (bicyclic) bond motifs is 5. The molecule has 30 heavy (non-hydrogen) atoms. The van der Waals surface area contributed by atoms with Gasteiger partial charge in [0.05, 0.1) is 17.8 Å². The molecular formula is C27H48O3. The quantitative estimate of drug-likeness (QED) is 0.546. The molecule has 0 spiro atoms. The molecule has 4 rings (SSSR count). The van der Waals surface area contributed by atoms with Gasteiger partial charge in [-0.3, -0.25) is 0 Å². The summed E-state index contributed by atoms with van der Waals surface area (Å²) in [5.74, 6) is 4.13. The molecule has 10 atom stereocenters. The summed E-state index contributed by atoms with van der Waals surface area (Å²) in [6, 6.07) is 0. The SMILES string of the molecule is CC(C)CCC[C@@H](C)[C@H]1CC[C@H]2C3C[C@H](O)[C@@]4(O)C[C@@H](O)CC[C@]4(C)[C@H]3CC[C@]12C. The Morgan fingerprint density at radius 3 is 2.33 bits per heavy atom. The predicted molar refractivity (Wildman–Crippen MR) is 122 cm³/mol. The summed E-state index contributed by atoms with van der Waals surface area (Å²) in [5, 5.41) is 33.0. The lowest BCUT2D eigenvalue weighted by Crippen LogP contribution is -2.68. The molecule has 0 aromatic carbocycles. The van der Waals surface area contributed by atoms with Crippen molar-refractivity contribution in [1.29, 1.82) is 0 Å². The fourth-order valence-corrected chi connectivity index (χ4v) is 9.29. The van der Waals surface area contributed by atoms with E-state index < -0.39 is 17.8 Å². The zero-order chi connectivity index (χ0) is 21.9. The van der Waals surface area contributed by atoms with Crippen LogP contribution in [-0.4, -0.2) is 33.1 Å². The summed E-state index contributed by atoms with van der Waals surface area (Å²) < 4.78 is 0. The van der Waals surface area contributed by atoms with Gasteiger partial charge in [0.25, 0.3) is 0 Å². The Kier molecular flexibility index (Phi) is 6.17. The highest BCUT2D eigenvalue weighted by molar-refractivity contribution is 5.17. The fourth-order valence-electron chi connectivity index (χ4n) is 9.29. The standard InChI is InChI=1S/C27H48O3/c1-17(2)7-6-8-18(3)21-9-10-22-20-15-24(29)27(30)16-19(28)11-14-26(27,5)23(20)12-13-25(21,22)4/h17-24,28-30H,6-16H2,1-5H3/t18-,19+,20?,21-,22+,23+,24+,25-,26-,27+/m1/s1. The molecule has 4 aliphatic carbocycles. The molecule has 0 radical (unpaired) electrons. The molecule has 4 saturated carbocycles. The van der Waals surface area contributed by atoms with Gasteiger partial charge in [0.15, 0.2) is 0 Å². The maximum Gasteiger partial charge on any atom is 0.0985 e. The molecule has 0 aromatic heterocycles. The maximum atomic E-state index is 11.6. The van der Waals surface area contributed by atoms with Gasteiger partial charge >= 0.3 is 0 Å². The molecule has 1 unspecified atom stereocenters. The Labute approximate surface area is 185 Å². The van der Waals surface area contributed by atoms with Crippen LogP contribution in [0.1, 0.15) is 105 Å². The van der Waals surface area contributed by atoms with Crippen molar-refractivity contribution in [1.82, 2.24) is 0 Å². The zero-order valence-electron chi connectivity index (χ0n) is 20.2. The summed E-state index contributed by atoms with van der Waals surface area (Å²) in [7, 11) is 0. The highest BCUT2D eigenvalue weighted by Gasteiger charge is 2.67.